The van der Waals surface area contributed by atoms with Crippen LogP contribution in [0.1, 0.15) is 58.4 Å². The maximum atomic E-state index is 14.8. The van der Waals surface area contributed by atoms with Crippen molar-refractivity contribution in [1.82, 2.24) is 9.80 Å². The van der Waals surface area contributed by atoms with Gasteiger partial charge in [0.25, 0.3) is 5.91 Å². The van der Waals surface area contributed by atoms with Crippen molar-refractivity contribution < 1.29 is 24.2 Å². The molecular weight excluding hydrogens is 542 g/mol. The van der Waals surface area contributed by atoms with Crippen molar-refractivity contribution in [3.63, 3.8) is 0 Å². The number of aliphatic hydroxyl groups excluding tert-OH is 1. The summed E-state index contributed by atoms with van der Waals surface area (Å²) in [6.07, 6.45) is 6.11. The SMILES string of the molecule is C=CCN(CCC)C(=O)[C@H]1[C@H]2C(=O)N([C@@H](CC)CO)C(C(=O)N(CC=C)c3c(C)cccc3Cl)C23CC[C@]1(CC)O3. The molecule has 3 fully saturated rings. The summed E-state index contributed by atoms with van der Waals surface area (Å²) in [6, 6.07) is 3.80. The van der Waals surface area contributed by atoms with Crippen molar-refractivity contribution >= 4 is 35.0 Å². The molecule has 0 aliphatic carbocycles. The Morgan fingerprint density at radius 1 is 1.20 bits per heavy atom. The Morgan fingerprint density at radius 2 is 1.90 bits per heavy atom. The minimum Gasteiger partial charge on any atom is -0.394 e. The Balaban J connectivity index is 1.90. The van der Waals surface area contributed by atoms with Crippen LogP contribution >= 0.6 is 11.6 Å². The molecule has 0 aromatic heterocycles. The van der Waals surface area contributed by atoms with Crippen LogP contribution in [0, 0.1) is 18.8 Å². The largest absolute Gasteiger partial charge is 0.394 e. The predicted octanol–water partition coefficient (Wildman–Crippen LogP) is 4.52. The number of rotatable bonds is 13. The fourth-order valence-corrected chi connectivity index (χ4v) is 7.89. The second-order valence-electron chi connectivity index (χ2n) is 11.5. The van der Waals surface area contributed by atoms with Gasteiger partial charge in [0.2, 0.25) is 11.8 Å². The highest BCUT2D eigenvalue weighted by atomic mass is 35.5. The Bertz CT molecular complexity index is 1180. The maximum Gasteiger partial charge on any atom is 0.253 e. The number of anilines is 1. The molecule has 1 aromatic rings. The van der Waals surface area contributed by atoms with Crippen LogP contribution in [0.5, 0.6) is 0 Å². The van der Waals surface area contributed by atoms with Gasteiger partial charge in [-0.15, -0.1) is 13.2 Å². The number of aryl methyl sites for hydroxylation is 1. The van der Waals surface area contributed by atoms with Gasteiger partial charge in [-0.2, -0.15) is 0 Å². The van der Waals surface area contributed by atoms with E-state index in [1.165, 1.54) is 4.90 Å². The third kappa shape index (κ3) is 4.82. The van der Waals surface area contributed by atoms with Crippen molar-refractivity contribution in [3.8, 4) is 0 Å². The van der Waals surface area contributed by atoms with Crippen LogP contribution in [0.3, 0.4) is 0 Å². The van der Waals surface area contributed by atoms with Crippen LogP contribution in [-0.4, -0.2) is 82.2 Å². The van der Waals surface area contributed by atoms with Crippen LogP contribution in [0.25, 0.3) is 0 Å². The standard InChI is InChI=1S/C32H44ClN3O5/c1-7-17-34(18-8-2)28(38)24-25-29(39)36(22(10-4)20-37)27(32(25)16-15-31(24,11-5)41-32)30(40)35(19-9-3)26-21(6)13-12-14-23(26)33/h7,9,12-14,22,24-25,27,37H,1,3,8,10-11,15-20H2,2,4-6H3/t22-,24+,25-,27?,31-,32?/m0/s1. The van der Waals surface area contributed by atoms with Crippen LogP contribution in [0.4, 0.5) is 5.69 Å². The molecular formula is C32H44ClN3O5. The lowest BCUT2D eigenvalue weighted by atomic mass is 9.64. The minimum absolute atomic E-state index is 0.136. The van der Waals surface area contributed by atoms with Crippen molar-refractivity contribution in [2.45, 2.75) is 83.1 Å². The molecule has 2 unspecified atom stereocenters. The van der Waals surface area contributed by atoms with Crippen molar-refractivity contribution in [1.29, 1.82) is 0 Å². The van der Waals surface area contributed by atoms with Gasteiger partial charge < -0.3 is 24.5 Å². The molecule has 1 N–H and O–H groups in total. The van der Waals surface area contributed by atoms with E-state index in [0.717, 1.165) is 12.0 Å². The summed E-state index contributed by atoms with van der Waals surface area (Å²) in [5.41, 5.74) is -0.692. The summed E-state index contributed by atoms with van der Waals surface area (Å²) < 4.78 is 6.94. The molecule has 4 rings (SSSR count). The van der Waals surface area contributed by atoms with Gasteiger partial charge in [-0.25, -0.2) is 0 Å². The molecule has 6 atom stereocenters. The minimum atomic E-state index is -1.20. The molecule has 1 spiro atoms. The number of amides is 3. The number of hydrogen-bond acceptors (Lipinski definition) is 5. The van der Waals surface area contributed by atoms with Gasteiger partial charge in [0.15, 0.2) is 0 Å². The molecule has 1 aromatic carbocycles. The van der Waals surface area contributed by atoms with Crippen molar-refractivity contribution in [2.75, 3.05) is 31.1 Å². The maximum absolute atomic E-state index is 14.8. The zero-order valence-electron chi connectivity index (χ0n) is 24.8. The number of aliphatic hydroxyl groups is 1. The predicted molar refractivity (Wildman–Crippen MR) is 161 cm³/mol. The first kappa shape index (κ1) is 31.3. The lowest BCUT2D eigenvalue weighted by molar-refractivity contribution is -0.153. The molecule has 0 radical (unpaired) electrons. The average Bonchev–Trinajstić information content (AvgIpc) is 3.56. The fraction of sp³-hybridized carbons (Fsp3) is 0.594. The molecule has 8 nitrogen and oxygen atoms in total. The molecule has 3 heterocycles. The third-order valence-electron chi connectivity index (χ3n) is 9.38. The van der Waals surface area contributed by atoms with Crippen molar-refractivity contribution in [3.05, 3.63) is 54.1 Å². The van der Waals surface area contributed by atoms with E-state index < -0.39 is 35.1 Å². The quantitative estimate of drug-likeness (QED) is 0.344. The number of ether oxygens (including phenoxy) is 1. The highest BCUT2D eigenvalue weighted by Gasteiger charge is 2.79. The highest BCUT2D eigenvalue weighted by molar-refractivity contribution is 6.34. The Labute approximate surface area is 248 Å². The van der Waals surface area contributed by atoms with Crippen LogP contribution in [0.2, 0.25) is 5.02 Å². The molecule has 3 aliphatic heterocycles. The van der Waals surface area contributed by atoms with Gasteiger partial charge >= 0.3 is 0 Å². The molecule has 3 saturated heterocycles. The fourth-order valence-electron chi connectivity index (χ4n) is 7.56. The topological polar surface area (TPSA) is 90.4 Å². The zero-order chi connectivity index (χ0) is 30.1. The average molecular weight is 586 g/mol. The van der Waals surface area contributed by atoms with Crippen LogP contribution < -0.4 is 4.90 Å². The summed E-state index contributed by atoms with van der Waals surface area (Å²) in [7, 11) is 0. The van der Waals surface area contributed by atoms with Crippen molar-refractivity contribution in [2.24, 2.45) is 11.8 Å². The number of hydrogen-bond donors (Lipinski definition) is 1. The van der Waals surface area contributed by atoms with Gasteiger partial charge in [0.1, 0.15) is 11.6 Å². The van der Waals surface area contributed by atoms with E-state index in [-0.39, 0.29) is 30.9 Å². The highest BCUT2D eigenvalue weighted by Crippen LogP contribution is 2.65. The first-order chi connectivity index (χ1) is 19.6. The second kappa shape index (κ2) is 12.3. The van der Waals surface area contributed by atoms with E-state index in [4.69, 9.17) is 16.3 Å². The first-order valence-corrected chi connectivity index (χ1v) is 15.2. The van der Waals surface area contributed by atoms with Crippen LogP contribution in [-0.2, 0) is 19.1 Å². The van der Waals surface area contributed by atoms with Crippen LogP contribution in [0.15, 0.2) is 43.5 Å². The summed E-state index contributed by atoms with van der Waals surface area (Å²) in [5.74, 6) is -2.35. The Hall–Kier alpha value is -2.68. The number of carbonyl (C=O) groups excluding carboxylic acids is 3. The van der Waals surface area contributed by atoms with Gasteiger partial charge in [0.05, 0.1) is 40.8 Å². The third-order valence-corrected chi connectivity index (χ3v) is 9.69. The van der Waals surface area contributed by atoms with Gasteiger partial charge in [-0.3, -0.25) is 14.4 Å². The number of halogens is 1. The Kier molecular flexibility index (Phi) is 9.36. The normalized spacial score (nSPS) is 28.9. The van der Waals surface area contributed by atoms with Gasteiger partial charge in [0, 0.05) is 19.6 Å². The van der Waals surface area contributed by atoms with E-state index in [1.54, 1.807) is 28.0 Å². The number of carbonyl (C=O) groups is 3. The number of fused-ring (bicyclic) bond motifs is 1. The summed E-state index contributed by atoms with van der Waals surface area (Å²) >= 11 is 6.65. The molecule has 3 aliphatic rings. The van der Waals surface area contributed by atoms with E-state index in [1.807, 2.05) is 39.8 Å². The number of benzene rings is 1. The molecule has 9 heteroatoms. The zero-order valence-corrected chi connectivity index (χ0v) is 25.5. The monoisotopic (exact) mass is 585 g/mol. The lowest BCUT2D eigenvalue weighted by Crippen LogP contribution is -2.59. The lowest BCUT2D eigenvalue weighted by Gasteiger charge is -2.39. The number of nitrogens with zero attached hydrogens (tertiary/aromatic N) is 3. The summed E-state index contributed by atoms with van der Waals surface area (Å²) in [6.45, 7) is 16.2. The Morgan fingerprint density at radius 3 is 2.46 bits per heavy atom. The van der Waals surface area contributed by atoms with Gasteiger partial charge in [-0.05, 0) is 50.7 Å². The molecule has 0 saturated carbocycles. The summed E-state index contributed by atoms with van der Waals surface area (Å²) in [4.78, 5) is 48.5. The van der Waals surface area contributed by atoms with E-state index in [0.29, 0.717) is 49.5 Å². The van der Waals surface area contributed by atoms with E-state index in [2.05, 4.69) is 13.2 Å². The van der Waals surface area contributed by atoms with E-state index in [9.17, 15) is 19.5 Å². The molecule has 41 heavy (non-hydrogen) atoms. The van der Waals surface area contributed by atoms with E-state index >= 15 is 0 Å². The molecule has 224 valence electrons. The number of para-hydroxylation sites is 1. The first-order valence-electron chi connectivity index (χ1n) is 14.8. The number of likely N-dealkylation sites (tertiary alicyclic amines) is 1. The summed E-state index contributed by atoms with van der Waals surface area (Å²) in [5, 5.41) is 10.8. The second-order valence-corrected chi connectivity index (χ2v) is 11.9. The van der Waals surface area contributed by atoms with Gasteiger partial charge in [-0.1, -0.05) is 56.7 Å². The molecule has 3 amide bonds. The molecule has 2 bridgehead atoms. The smallest absolute Gasteiger partial charge is 0.253 e.